The molecule has 0 amide bonds. The van der Waals surface area contributed by atoms with E-state index in [1.807, 2.05) is 63.2 Å². The molecule has 0 radical (unpaired) electrons. The molecule has 0 saturated heterocycles. The minimum Gasteiger partial charge on any atom is -0.512 e. The second-order valence-electron chi connectivity index (χ2n) is 8.72. The summed E-state index contributed by atoms with van der Waals surface area (Å²) in [4.78, 5) is 16.7. The Labute approximate surface area is 171 Å². The van der Waals surface area contributed by atoms with Gasteiger partial charge in [-0.3, -0.25) is 4.79 Å². The number of aryl methyl sites for hydroxylation is 1. The van der Waals surface area contributed by atoms with Gasteiger partial charge in [0.15, 0.2) is 5.78 Å². The maximum absolute atomic E-state index is 13.2. The van der Waals surface area contributed by atoms with Crippen LogP contribution in [-0.2, 0) is 4.79 Å². The summed E-state index contributed by atoms with van der Waals surface area (Å²) < 4.78 is 5.31. The maximum atomic E-state index is 13.2. The van der Waals surface area contributed by atoms with Crippen LogP contribution in [0.15, 0.2) is 59.9 Å². The molecule has 150 valence electrons. The lowest BCUT2D eigenvalue weighted by molar-refractivity contribution is -0.118. The molecule has 1 heterocycles. The molecule has 4 heteroatoms. The monoisotopic (exact) mass is 389 g/mol. The van der Waals surface area contributed by atoms with Gasteiger partial charge in [-0.2, -0.15) is 0 Å². The van der Waals surface area contributed by atoms with E-state index < -0.39 is 0 Å². The number of aromatic amines is 1. The predicted octanol–water partition coefficient (Wildman–Crippen LogP) is 5.82. The molecule has 29 heavy (non-hydrogen) atoms. The molecular weight excluding hydrogens is 362 g/mol. The highest BCUT2D eigenvalue weighted by molar-refractivity contribution is 6.01. The number of ketones is 1. The van der Waals surface area contributed by atoms with Crippen LogP contribution in [0.3, 0.4) is 0 Å². The first-order valence-electron chi connectivity index (χ1n) is 9.97. The standard InChI is InChI=1S/C25H27NO3/c1-15-22(18-7-5-6-8-19(18)26-15)23(16-9-11-17(29-4)12-10-16)24-20(27)13-25(2,3)14-21(24)28/h5-12,23,26-27H,13-14H2,1-4H3. The number of ether oxygens (including phenoxy) is 1. The smallest absolute Gasteiger partial charge is 0.163 e. The molecule has 4 nitrogen and oxygen atoms in total. The summed E-state index contributed by atoms with van der Waals surface area (Å²) in [5.41, 5.74) is 4.33. The lowest BCUT2D eigenvalue weighted by Crippen LogP contribution is -2.29. The molecular formula is C25H27NO3. The Morgan fingerprint density at radius 3 is 2.41 bits per heavy atom. The van der Waals surface area contributed by atoms with Crippen molar-refractivity contribution in [2.24, 2.45) is 5.41 Å². The number of aliphatic hydroxyl groups is 1. The van der Waals surface area contributed by atoms with Crippen molar-refractivity contribution in [1.29, 1.82) is 0 Å². The van der Waals surface area contributed by atoms with Crippen molar-refractivity contribution >= 4 is 16.7 Å². The van der Waals surface area contributed by atoms with Crippen molar-refractivity contribution in [2.45, 2.75) is 39.5 Å². The molecule has 1 aromatic heterocycles. The Hall–Kier alpha value is -3.01. The van der Waals surface area contributed by atoms with Crippen LogP contribution in [0.1, 0.15) is 49.4 Å². The number of H-pyrrole nitrogens is 1. The van der Waals surface area contributed by atoms with Gasteiger partial charge in [-0.05, 0) is 41.7 Å². The molecule has 3 aromatic rings. The average molecular weight is 389 g/mol. The normalized spacial score (nSPS) is 17.6. The van der Waals surface area contributed by atoms with Crippen molar-refractivity contribution in [3.63, 3.8) is 0 Å². The third-order valence-corrected chi connectivity index (χ3v) is 5.87. The first kappa shape index (κ1) is 19.3. The van der Waals surface area contributed by atoms with Gasteiger partial charge in [0.1, 0.15) is 11.5 Å². The van der Waals surface area contributed by atoms with E-state index in [1.165, 1.54) is 0 Å². The first-order chi connectivity index (χ1) is 13.8. The predicted molar refractivity (Wildman–Crippen MR) is 116 cm³/mol. The molecule has 0 aliphatic heterocycles. The summed E-state index contributed by atoms with van der Waals surface area (Å²) in [6.07, 6.45) is 0.933. The largest absolute Gasteiger partial charge is 0.512 e. The van der Waals surface area contributed by atoms with E-state index in [9.17, 15) is 9.90 Å². The Morgan fingerprint density at radius 2 is 1.76 bits per heavy atom. The quantitative estimate of drug-likeness (QED) is 0.591. The minimum absolute atomic E-state index is 0.0178. The van der Waals surface area contributed by atoms with Gasteiger partial charge in [0.2, 0.25) is 0 Å². The number of fused-ring (bicyclic) bond motifs is 1. The van der Waals surface area contributed by atoms with Gasteiger partial charge in [-0.25, -0.2) is 0 Å². The van der Waals surface area contributed by atoms with Gasteiger partial charge in [0, 0.05) is 40.9 Å². The third-order valence-electron chi connectivity index (χ3n) is 5.87. The number of methoxy groups -OCH3 is 1. The minimum atomic E-state index is -0.333. The topological polar surface area (TPSA) is 62.3 Å². The summed E-state index contributed by atoms with van der Waals surface area (Å²) >= 11 is 0. The highest BCUT2D eigenvalue weighted by Gasteiger charge is 2.38. The summed E-state index contributed by atoms with van der Waals surface area (Å²) in [6.45, 7) is 6.08. The van der Waals surface area contributed by atoms with Crippen LogP contribution >= 0.6 is 0 Å². The Kier molecular flexibility index (Phi) is 4.73. The Morgan fingerprint density at radius 1 is 1.07 bits per heavy atom. The van der Waals surface area contributed by atoms with Gasteiger partial charge < -0.3 is 14.8 Å². The van der Waals surface area contributed by atoms with Crippen LogP contribution < -0.4 is 4.74 Å². The molecule has 1 unspecified atom stereocenters. The number of rotatable bonds is 4. The van der Waals surface area contributed by atoms with Crippen LogP contribution in [0.25, 0.3) is 10.9 Å². The van der Waals surface area contributed by atoms with E-state index in [2.05, 4.69) is 11.1 Å². The fourth-order valence-corrected chi connectivity index (χ4v) is 4.57. The zero-order chi connectivity index (χ0) is 20.8. The molecule has 2 N–H and O–H groups in total. The molecule has 0 saturated carbocycles. The van der Waals surface area contributed by atoms with Crippen LogP contribution in [0, 0.1) is 12.3 Å². The highest BCUT2D eigenvalue weighted by Crippen LogP contribution is 2.45. The number of carbonyl (C=O) groups is 1. The Balaban J connectivity index is 1.97. The number of hydrogen-bond donors (Lipinski definition) is 2. The van der Waals surface area contributed by atoms with Gasteiger partial charge in [-0.15, -0.1) is 0 Å². The fourth-order valence-electron chi connectivity index (χ4n) is 4.57. The van der Waals surface area contributed by atoms with E-state index in [4.69, 9.17) is 4.74 Å². The van der Waals surface area contributed by atoms with Crippen molar-refractivity contribution in [1.82, 2.24) is 4.98 Å². The molecule has 1 atom stereocenters. The average Bonchev–Trinajstić information content (AvgIpc) is 2.99. The summed E-state index contributed by atoms with van der Waals surface area (Å²) in [7, 11) is 1.64. The number of hydrogen-bond acceptors (Lipinski definition) is 3. The molecule has 1 aliphatic rings. The van der Waals surface area contributed by atoms with Gasteiger partial charge in [0.25, 0.3) is 0 Å². The summed E-state index contributed by atoms with van der Waals surface area (Å²) in [5, 5.41) is 12.1. The molecule has 0 spiro atoms. The highest BCUT2D eigenvalue weighted by atomic mass is 16.5. The van der Waals surface area contributed by atoms with Crippen molar-refractivity contribution in [2.75, 3.05) is 7.11 Å². The zero-order valence-corrected chi connectivity index (χ0v) is 17.4. The number of benzene rings is 2. The molecule has 0 fully saturated rings. The molecule has 4 rings (SSSR count). The van der Waals surface area contributed by atoms with E-state index in [-0.39, 0.29) is 22.9 Å². The first-order valence-corrected chi connectivity index (χ1v) is 9.97. The van der Waals surface area contributed by atoms with Gasteiger partial charge in [-0.1, -0.05) is 44.2 Å². The summed E-state index contributed by atoms with van der Waals surface area (Å²) in [5.74, 6) is 0.652. The van der Waals surface area contributed by atoms with Crippen molar-refractivity contribution in [3.05, 3.63) is 76.7 Å². The fraction of sp³-hybridized carbons (Fsp3) is 0.320. The number of Topliss-reactive ketones (excluding diaryl/α,β-unsaturated/α-hetero) is 1. The second kappa shape index (κ2) is 7.11. The van der Waals surface area contributed by atoms with Gasteiger partial charge in [0.05, 0.1) is 7.11 Å². The second-order valence-corrected chi connectivity index (χ2v) is 8.72. The van der Waals surface area contributed by atoms with Crippen molar-refractivity contribution in [3.8, 4) is 5.75 Å². The van der Waals surface area contributed by atoms with E-state index in [1.54, 1.807) is 7.11 Å². The third kappa shape index (κ3) is 3.44. The molecule has 0 bridgehead atoms. The number of nitrogens with one attached hydrogen (secondary N) is 1. The number of para-hydroxylation sites is 1. The summed E-state index contributed by atoms with van der Waals surface area (Å²) in [6, 6.07) is 15.9. The van der Waals surface area contributed by atoms with Crippen LogP contribution in [-0.4, -0.2) is 23.0 Å². The SMILES string of the molecule is COc1ccc(C(C2=C(O)CC(C)(C)CC2=O)c2c(C)[nH]c3ccccc23)cc1. The lowest BCUT2D eigenvalue weighted by atomic mass is 9.70. The lowest BCUT2D eigenvalue weighted by Gasteiger charge is -2.33. The van der Waals surface area contributed by atoms with Gasteiger partial charge >= 0.3 is 0 Å². The zero-order valence-electron chi connectivity index (χ0n) is 17.4. The molecule has 1 aliphatic carbocycles. The van der Waals surface area contributed by atoms with Crippen LogP contribution in [0.2, 0.25) is 0 Å². The number of carbonyl (C=O) groups excluding carboxylic acids is 1. The Bertz CT molecular complexity index is 1100. The van der Waals surface area contributed by atoms with E-state index >= 15 is 0 Å². The van der Waals surface area contributed by atoms with E-state index in [0.29, 0.717) is 18.4 Å². The van der Waals surface area contributed by atoms with Crippen LogP contribution in [0.5, 0.6) is 5.75 Å². The maximum Gasteiger partial charge on any atom is 0.163 e. The van der Waals surface area contributed by atoms with Crippen LogP contribution in [0.4, 0.5) is 0 Å². The number of aromatic nitrogens is 1. The number of allylic oxidation sites excluding steroid dienone is 2. The molecule has 2 aromatic carbocycles. The van der Waals surface area contributed by atoms with E-state index in [0.717, 1.165) is 33.5 Å². The van der Waals surface area contributed by atoms with Crippen molar-refractivity contribution < 1.29 is 14.6 Å². The number of aliphatic hydroxyl groups excluding tert-OH is 1.